The molecule has 3 rings (SSSR count). The number of hydrogen-bond acceptors (Lipinski definition) is 6. The Bertz CT molecular complexity index is 871. The molecule has 0 atom stereocenters. The van der Waals surface area contributed by atoms with Crippen molar-refractivity contribution < 1.29 is 4.79 Å². The average molecular weight is 342 g/mol. The summed E-state index contributed by atoms with van der Waals surface area (Å²) in [5.74, 6) is 0.164. The van der Waals surface area contributed by atoms with Crippen LogP contribution in [0.4, 0.5) is 5.69 Å². The van der Waals surface area contributed by atoms with Gasteiger partial charge in [0.15, 0.2) is 11.2 Å². The third-order valence-corrected chi connectivity index (χ3v) is 4.39. The molecule has 0 aliphatic heterocycles. The van der Waals surface area contributed by atoms with E-state index in [0.29, 0.717) is 22.7 Å². The Morgan fingerprint density at radius 3 is 2.67 bits per heavy atom. The summed E-state index contributed by atoms with van der Waals surface area (Å²) in [5.41, 5.74) is 4.36. The van der Waals surface area contributed by atoms with E-state index in [4.69, 9.17) is 0 Å². The molecule has 3 aromatic rings. The smallest absolute Gasteiger partial charge is 0.234 e. The van der Waals surface area contributed by atoms with Crippen LogP contribution >= 0.6 is 11.8 Å². The van der Waals surface area contributed by atoms with Crippen molar-refractivity contribution in [1.82, 2.24) is 25.0 Å². The molecular formula is C16H18N6OS. The number of rotatable bonds is 5. The second-order valence-corrected chi connectivity index (χ2v) is 6.43. The number of anilines is 1. The number of benzene rings is 1. The first kappa shape index (κ1) is 16.4. The molecule has 0 aliphatic rings. The Labute approximate surface area is 143 Å². The van der Waals surface area contributed by atoms with E-state index in [-0.39, 0.29) is 11.7 Å². The highest BCUT2D eigenvalue weighted by atomic mass is 32.2. The van der Waals surface area contributed by atoms with Crippen LogP contribution in [0.25, 0.3) is 11.2 Å². The van der Waals surface area contributed by atoms with Crippen LogP contribution in [-0.2, 0) is 11.3 Å². The highest BCUT2D eigenvalue weighted by Gasteiger charge is 2.13. The van der Waals surface area contributed by atoms with E-state index < -0.39 is 0 Å². The fourth-order valence-electron chi connectivity index (χ4n) is 2.47. The lowest BCUT2D eigenvalue weighted by Gasteiger charge is -2.07. The minimum absolute atomic E-state index is 0.0837. The van der Waals surface area contributed by atoms with Crippen LogP contribution < -0.4 is 5.32 Å². The van der Waals surface area contributed by atoms with Gasteiger partial charge in [0.2, 0.25) is 5.91 Å². The molecule has 8 heteroatoms. The lowest BCUT2D eigenvalue weighted by atomic mass is 10.1. The van der Waals surface area contributed by atoms with Crippen molar-refractivity contribution in [3.63, 3.8) is 0 Å². The van der Waals surface area contributed by atoms with E-state index in [0.717, 1.165) is 16.8 Å². The molecule has 0 bridgehead atoms. The van der Waals surface area contributed by atoms with Gasteiger partial charge in [0.05, 0.1) is 5.75 Å². The van der Waals surface area contributed by atoms with E-state index >= 15 is 0 Å². The fourth-order valence-corrected chi connectivity index (χ4v) is 3.20. The molecule has 1 amide bonds. The van der Waals surface area contributed by atoms with Crippen molar-refractivity contribution in [2.75, 3.05) is 11.1 Å². The maximum atomic E-state index is 12.2. The Balaban J connectivity index is 1.69. The number of thioether (sulfide) groups is 1. The van der Waals surface area contributed by atoms with Crippen LogP contribution in [0.1, 0.15) is 18.1 Å². The molecule has 0 spiro atoms. The second-order valence-electron chi connectivity index (χ2n) is 5.47. The maximum absolute atomic E-state index is 12.2. The molecule has 2 aromatic heterocycles. The molecule has 124 valence electrons. The molecule has 2 heterocycles. The Morgan fingerprint density at radius 1 is 1.21 bits per heavy atom. The first-order valence-electron chi connectivity index (χ1n) is 7.62. The van der Waals surface area contributed by atoms with Crippen molar-refractivity contribution in [2.45, 2.75) is 32.3 Å². The van der Waals surface area contributed by atoms with Crippen molar-refractivity contribution in [3.8, 4) is 0 Å². The molecule has 0 saturated carbocycles. The number of hydrogen-bond donors (Lipinski definition) is 1. The van der Waals surface area contributed by atoms with Gasteiger partial charge in [-0.05, 0) is 44.0 Å². The van der Waals surface area contributed by atoms with Gasteiger partial charge in [-0.3, -0.25) is 4.79 Å². The molecular weight excluding hydrogens is 324 g/mol. The number of aryl methyl sites for hydroxylation is 3. The van der Waals surface area contributed by atoms with Crippen molar-refractivity contribution in [3.05, 3.63) is 35.7 Å². The molecule has 1 N–H and O–H groups in total. The lowest BCUT2D eigenvalue weighted by molar-refractivity contribution is -0.113. The third-order valence-electron chi connectivity index (χ3n) is 3.41. The van der Waals surface area contributed by atoms with Gasteiger partial charge in [0.1, 0.15) is 11.4 Å². The minimum Gasteiger partial charge on any atom is -0.325 e. The third kappa shape index (κ3) is 3.53. The van der Waals surface area contributed by atoms with Gasteiger partial charge in [-0.15, -0.1) is 5.10 Å². The number of fused-ring (bicyclic) bond motifs is 1. The summed E-state index contributed by atoms with van der Waals surface area (Å²) < 4.78 is 1.71. The van der Waals surface area contributed by atoms with Gasteiger partial charge in [0.25, 0.3) is 0 Å². The number of carbonyl (C=O) groups excluding carboxylic acids is 1. The average Bonchev–Trinajstić information content (AvgIpc) is 2.95. The molecule has 0 unspecified atom stereocenters. The molecule has 0 fully saturated rings. The van der Waals surface area contributed by atoms with Crippen LogP contribution in [-0.4, -0.2) is 36.6 Å². The number of nitrogens with zero attached hydrogens (tertiary/aromatic N) is 5. The van der Waals surface area contributed by atoms with Crippen LogP contribution in [0.3, 0.4) is 0 Å². The van der Waals surface area contributed by atoms with Crippen molar-refractivity contribution in [2.24, 2.45) is 0 Å². The number of carbonyl (C=O) groups is 1. The fraction of sp³-hybridized carbons (Fsp3) is 0.312. The number of amides is 1. The lowest BCUT2D eigenvalue weighted by Crippen LogP contribution is -2.14. The first-order valence-corrected chi connectivity index (χ1v) is 8.60. The van der Waals surface area contributed by atoms with E-state index in [1.54, 1.807) is 4.68 Å². The van der Waals surface area contributed by atoms with Crippen LogP contribution in [0.15, 0.2) is 29.6 Å². The predicted octanol–water partition coefficient (Wildman–Crippen LogP) is 2.59. The predicted molar refractivity (Wildman–Crippen MR) is 94.1 cm³/mol. The summed E-state index contributed by atoms with van der Waals surface area (Å²) in [6, 6.07) is 5.97. The van der Waals surface area contributed by atoms with E-state index in [9.17, 15) is 4.79 Å². The standard InChI is InChI=1S/C16H18N6OS/c1-4-22-15-14(20-21-22)16(18-9-17-15)24-8-13(23)19-12-6-10(2)5-11(3)7-12/h5-7,9H,4,8H2,1-3H3,(H,19,23). The zero-order valence-electron chi connectivity index (χ0n) is 13.8. The quantitative estimate of drug-likeness (QED) is 0.566. The van der Waals surface area contributed by atoms with E-state index in [1.807, 2.05) is 32.9 Å². The molecule has 0 radical (unpaired) electrons. The highest BCUT2D eigenvalue weighted by molar-refractivity contribution is 8.00. The normalized spacial score (nSPS) is 11.0. The van der Waals surface area contributed by atoms with Crippen LogP contribution in [0.5, 0.6) is 0 Å². The summed E-state index contributed by atoms with van der Waals surface area (Å²) in [6.07, 6.45) is 1.47. The monoisotopic (exact) mass is 342 g/mol. The minimum atomic E-state index is -0.0837. The highest BCUT2D eigenvalue weighted by Crippen LogP contribution is 2.22. The number of aromatic nitrogens is 5. The summed E-state index contributed by atoms with van der Waals surface area (Å²) in [4.78, 5) is 20.6. The summed E-state index contributed by atoms with van der Waals surface area (Å²) in [6.45, 7) is 6.67. The molecule has 7 nitrogen and oxygen atoms in total. The van der Waals surface area contributed by atoms with Gasteiger partial charge in [0, 0.05) is 12.2 Å². The van der Waals surface area contributed by atoms with Crippen LogP contribution in [0.2, 0.25) is 0 Å². The Morgan fingerprint density at radius 2 is 1.96 bits per heavy atom. The van der Waals surface area contributed by atoms with Crippen LogP contribution in [0, 0.1) is 13.8 Å². The van der Waals surface area contributed by atoms with Crippen molar-refractivity contribution >= 4 is 34.5 Å². The maximum Gasteiger partial charge on any atom is 0.234 e. The number of nitrogens with one attached hydrogen (secondary N) is 1. The molecule has 1 aromatic carbocycles. The van der Waals surface area contributed by atoms with Gasteiger partial charge in [-0.25, -0.2) is 14.6 Å². The summed E-state index contributed by atoms with van der Waals surface area (Å²) in [7, 11) is 0. The summed E-state index contributed by atoms with van der Waals surface area (Å²) >= 11 is 1.33. The van der Waals surface area contributed by atoms with Gasteiger partial charge >= 0.3 is 0 Å². The second kappa shape index (κ2) is 6.96. The SMILES string of the molecule is CCn1nnc2c(SCC(=O)Nc3cc(C)cc(C)c3)ncnc21. The first-order chi connectivity index (χ1) is 11.6. The Kier molecular flexibility index (Phi) is 4.75. The zero-order valence-corrected chi connectivity index (χ0v) is 14.6. The van der Waals surface area contributed by atoms with E-state index in [1.165, 1.54) is 18.1 Å². The summed E-state index contributed by atoms with van der Waals surface area (Å²) in [5, 5.41) is 11.7. The van der Waals surface area contributed by atoms with E-state index in [2.05, 4.69) is 31.7 Å². The topological polar surface area (TPSA) is 85.6 Å². The zero-order chi connectivity index (χ0) is 17.1. The van der Waals surface area contributed by atoms with Gasteiger partial charge < -0.3 is 5.32 Å². The molecule has 0 aliphatic carbocycles. The molecule has 24 heavy (non-hydrogen) atoms. The van der Waals surface area contributed by atoms with Gasteiger partial charge in [-0.2, -0.15) is 0 Å². The molecule has 0 saturated heterocycles. The van der Waals surface area contributed by atoms with Crippen molar-refractivity contribution in [1.29, 1.82) is 0 Å². The van der Waals surface area contributed by atoms with Gasteiger partial charge in [-0.1, -0.05) is 23.0 Å². The Hall–Kier alpha value is -2.48. The largest absolute Gasteiger partial charge is 0.325 e.